The van der Waals surface area contributed by atoms with E-state index in [0.717, 1.165) is 25.7 Å². The Morgan fingerprint density at radius 3 is 2.31 bits per heavy atom. The van der Waals surface area contributed by atoms with Crippen LogP contribution in [-0.2, 0) is 10.2 Å². The van der Waals surface area contributed by atoms with E-state index >= 15 is 0 Å². The summed E-state index contributed by atoms with van der Waals surface area (Å²) in [6.07, 6.45) is 3.82. The van der Waals surface area contributed by atoms with Gasteiger partial charge in [0.1, 0.15) is 0 Å². The fraction of sp³-hybridized carbons (Fsp3) is 0.833. The van der Waals surface area contributed by atoms with Gasteiger partial charge >= 0.3 is 10.2 Å². The van der Waals surface area contributed by atoms with Gasteiger partial charge in [-0.15, -0.1) is 4.40 Å². The predicted molar refractivity (Wildman–Crippen MR) is 50.1 cm³/mol. The third kappa shape index (κ3) is 3.60. The summed E-state index contributed by atoms with van der Waals surface area (Å²) in [7, 11) is -3.68. The maximum Gasteiger partial charge on any atom is 0.323 e. The molecule has 0 amide bonds. The van der Waals surface area contributed by atoms with E-state index in [2.05, 4.69) is 9.12 Å². The summed E-state index contributed by atoms with van der Waals surface area (Å²) in [4.78, 5) is 0. The van der Waals surface area contributed by atoms with Crippen molar-refractivity contribution in [1.29, 1.82) is 0 Å². The number of guanidine groups is 1. The van der Waals surface area contributed by atoms with Gasteiger partial charge in [-0.3, -0.25) is 0 Å². The van der Waals surface area contributed by atoms with Crippen LogP contribution in [0.15, 0.2) is 4.40 Å². The van der Waals surface area contributed by atoms with E-state index < -0.39 is 16.2 Å². The van der Waals surface area contributed by atoms with Crippen molar-refractivity contribution in [2.75, 3.05) is 0 Å². The topological polar surface area (TPSA) is 111 Å². The second-order valence-electron chi connectivity index (χ2n) is 3.09. The van der Waals surface area contributed by atoms with Gasteiger partial charge in [0.15, 0.2) is 0 Å². The molecule has 7 heteroatoms. The van der Waals surface area contributed by atoms with Crippen LogP contribution >= 0.6 is 0 Å². The Balaban J connectivity index is 2.56. The largest absolute Gasteiger partial charge is 0.369 e. The molecule has 0 bridgehead atoms. The van der Waals surface area contributed by atoms with Gasteiger partial charge in [-0.1, -0.05) is 12.8 Å². The first-order chi connectivity index (χ1) is 5.99. The molecule has 0 heterocycles. The number of hydrogen-bond acceptors (Lipinski definition) is 2. The number of nitrogens with zero attached hydrogens (tertiary/aromatic N) is 1. The standard InChI is InChI=1S/C6H14N4O2S/c7-6(8)10-13(11,12)9-5-3-1-2-4-5/h5,9H,1-4H2,(H4,7,8,10). The van der Waals surface area contributed by atoms with E-state index in [9.17, 15) is 8.42 Å². The third-order valence-corrected chi connectivity index (χ3v) is 2.98. The molecule has 1 rings (SSSR count). The minimum Gasteiger partial charge on any atom is -0.369 e. The highest BCUT2D eigenvalue weighted by molar-refractivity contribution is 7.88. The van der Waals surface area contributed by atoms with Gasteiger partial charge in [-0.25, -0.2) is 0 Å². The molecule has 1 fully saturated rings. The molecule has 0 spiro atoms. The maximum absolute atomic E-state index is 11.1. The quantitative estimate of drug-likeness (QED) is 0.408. The lowest BCUT2D eigenvalue weighted by Gasteiger charge is -2.08. The van der Waals surface area contributed by atoms with Gasteiger partial charge in [0.25, 0.3) is 0 Å². The average molecular weight is 206 g/mol. The van der Waals surface area contributed by atoms with Crippen molar-refractivity contribution >= 4 is 16.2 Å². The first-order valence-electron chi connectivity index (χ1n) is 4.13. The van der Waals surface area contributed by atoms with Crippen LogP contribution in [0.2, 0.25) is 0 Å². The molecule has 0 radical (unpaired) electrons. The maximum atomic E-state index is 11.1. The molecule has 5 N–H and O–H groups in total. The number of nitrogens with one attached hydrogen (secondary N) is 1. The van der Waals surface area contributed by atoms with Crippen molar-refractivity contribution in [3.8, 4) is 0 Å². The van der Waals surface area contributed by atoms with Crippen LogP contribution in [0.4, 0.5) is 0 Å². The monoisotopic (exact) mass is 206 g/mol. The van der Waals surface area contributed by atoms with Crippen molar-refractivity contribution in [2.45, 2.75) is 31.7 Å². The zero-order chi connectivity index (χ0) is 9.90. The molecule has 76 valence electrons. The Bertz CT molecular complexity index is 288. The van der Waals surface area contributed by atoms with E-state index in [0.29, 0.717) is 0 Å². The number of hydrogen-bond donors (Lipinski definition) is 3. The van der Waals surface area contributed by atoms with E-state index in [1.165, 1.54) is 0 Å². The SMILES string of the molecule is NC(N)=NS(=O)(=O)NC1CCCC1. The van der Waals surface area contributed by atoms with E-state index in [4.69, 9.17) is 11.5 Å². The Hall–Kier alpha value is -0.820. The molecule has 0 saturated heterocycles. The lowest BCUT2D eigenvalue weighted by atomic mass is 10.3. The Morgan fingerprint density at radius 1 is 1.31 bits per heavy atom. The molecule has 0 aromatic heterocycles. The summed E-state index contributed by atoms with van der Waals surface area (Å²) >= 11 is 0. The summed E-state index contributed by atoms with van der Waals surface area (Å²) < 4.78 is 27.8. The molecule has 6 nitrogen and oxygen atoms in total. The van der Waals surface area contributed by atoms with Gasteiger partial charge in [0, 0.05) is 6.04 Å². The second-order valence-corrected chi connectivity index (χ2v) is 4.46. The number of nitrogens with two attached hydrogens (primary N) is 2. The van der Waals surface area contributed by atoms with E-state index in [1.807, 2.05) is 0 Å². The second kappa shape index (κ2) is 3.93. The Kier molecular flexibility index (Phi) is 3.10. The molecule has 0 aliphatic heterocycles. The van der Waals surface area contributed by atoms with Gasteiger partial charge in [0.05, 0.1) is 0 Å². The molecular weight excluding hydrogens is 192 g/mol. The van der Waals surface area contributed by atoms with Crippen molar-refractivity contribution in [3.63, 3.8) is 0 Å². The molecule has 13 heavy (non-hydrogen) atoms. The zero-order valence-electron chi connectivity index (χ0n) is 7.23. The van der Waals surface area contributed by atoms with Gasteiger partial charge in [0.2, 0.25) is 5.96 Å². The molecule has 0 atom stereocenters. The third-order valence-electron chi connectivity index (χ3n) is 1.90. The Labute approximate surface area is 77.6 Å². The van der Waals surface area contributed by atoms with Gasteiger partial charge in [-0.05, 0) is 12.8 Å². The highest BCUT2D eigenvalue weighted by atomic mass is 32.2. The lowest BCUT2D eigenvalue weighted by molar-refractivity contribution is 0.554. The van der Waals surface area contributed by atoms with Crippen molar-refractivity contribution in [1.82, 2.24) is 4.72 Å². The van der Waals surface area contributed by atoms with Crippen molar-refractivity contribution < 1.29 is 8.42 Å². The van der Waals surface area contributed by atoms with E-state index in [-0.39, 0.29) is 6.04 Å². The molecule has 0 aromatic carbocycles. The highest BCUT2D eigenvalue weighted by Gasteiger charge is 2.20. The molecule has 0 aromatic rings. The van der Waals surface area contributed by atoms with Crippen LogP contribution in [0.3, 0.4) is 0 Å². The van der Waals surface area contributed by atoms with Crippen LogP contribution in [0.5, 0.6) is 0 Å². The first-order valence-corrected chi connectivity index (χ1v) is 5.57. The zero-order valence-corrected chi connectivity index (χ0v) is 8.05. The predicted octanol–water partition coefficient (Wildman–Crippen LogP) is -0.963. The highest BCUT2D eigenvalue weighted by Crippen LogP contribution is 2.18. The van der Waals surface area contributed by atoms with Crippen LogP contribution < -0.4 is 16.2 Å². The first kappa shape index (κ1) is 10.3. The fourth-order valence-electron chi connectivity index (χ4n) is 1.42. The van der Waals surface area contributed by atoms with Crippen molar-refractivity contribution in [2.24, 2.45) is 15.9 Å². The Morgan fingerprint density at radius 2 is 1.85 bits per heavy atom. The normalized spacial score (nSPS) is 18.8. The molecule has 1 saturated carbocycles. The molecule has 0 unspecified atom stereocenters. The van der Waals surface area contributed by atoms with Crippen LogP contribution in [0.25, 0.3) is 0 Å². The summed E-state index contributed by atoms with van der Waals surface area (Å²) in [5.74, 6) is -0.439. The summed E-state index contributed by atoms with van der Waals surface area (Å²) in [5.41, 5.74) is 9.92. The van der Waals surface area contributed by atoms with Crippen LogP contribution in [0.1, 0.15) is 25.7 Å². The summed E-state index contributed by atoms with van der Waals surface area (Å²) in [5, 5.41) is 0. The average Bonchev–Trinajstić information content (AvgIpc) is 2.34. The molecular formula is C6H14N4O2S. The minimum absolute atomic E-state index is 0.00639. The smallest absolute Gasteiger partial charge is 0.323 e. The molecule has 1 aliphatic carbocycles. The van der Waals surface area contributed by atoms with Crippen LogP contribution in [0, 0.1) is 0 Å². The molecule has 1 aliphatic rings. The van der Waals surface area contributed by atoms with Crippen LogP contribution in [-0.4, -0.2) is 20.4 Å². The lowest BCUT2D eigenvalue weighted by Crippen LogP contribution is -2.34. The number of rotatable bonds is 3. The van der Waals surface area contributed by atoms with Crippen molar-refractivity contribution in [3.05, 3.63) is 0 Å². The van der Waals surface area contributed by atoms with Gasteiger partial charge in [-0.2, -0.15) is 13.1 Å². The minimum atomic E-state index is -3.68. The summed E-state index contributed by atoms with van der Waals surface area (Å²) in [6, 6.07) is -0.00639. The van der Waals surface area contributed by atoms with E-state index in [1.54, 1.807) is 0 Å². The van der Waals surface area contributed by atoms with Gasteiger partial charge < -0.3 is 11.5 Å². The fourth-order valence-corrected chi connectivity index (χ4v) is 2.41. The summed E-state index contributed by atoms with van der Waals surface area (Å²) in [6.45, 7) is 0.